The van der Waals surface area contributed by atoms with Gasteiger partial charge in [0.25, 0.3) is 0 Å². The van der Waals surface area contributed by atoms with Crippen LogP contribution in [0, 0.1) is 0 Å². The van der Waals surface area contributed by atoms with Crippen LogP contribution in [-0.2, 0) is 13.2 Å². The van der Waals surface area contributed by atoms with E-state index in [1.165, 1.54) is 12.3 Å². The highest BCUT2D eigenvalue weighted by atomic mass is 35.5. The normalized spacial score (nSPS) is 12.0. The fraction of sp³-hybridized carbons (Fsp3) is 0.143. The second-order valence-electron chi connectivity index (χ2n) is 4.56. The van der Waals surface area contributed by atoms with E-state index in [1.807, 2.05) is 0 Å². The van der Waals surface area contributed by atoms with Gasteiger partial charge in [0.15, 0.2) is 0 Å². The van der Waals surface area contributed by atoms with Gasteiger partial charge in [-0.2, -0.15) is 13.2 Å². The molecule has 0 fully saturated rings. The number of benzene rings is 1. The highest BCUT2D eigenvalue weighted by Crippen LogP contribution is 2.32. The van der Waals surface area contributed by atoms with Crippen LogP contribution in [0.4, 0.5) is 13.2 Å². The van der Waals surface area contributed by atoms with Crippen molar-refractivity contribution in [1.29, 1.82) is 0 Å². The van der Waals surface area contributed by atoms with Gasteiger partial charge in [0.1, 0.15) is 11.0 Å². The molecule has 2 aromatic heterocycles. The van der Waals surface area contributed by atoms with Crippen molar-refractivity contribution in [2.24, 2.45) is 7.05 Å². The predicted octanol–water partition coefficient (Wildman–Crippen LogP) is 4.31. The van der Waals surface area contributed by atoms with E-state index in [9.17, 15) is 13.2 Å². The molecule has 0 amide bonds. The average Bonchev–Trinajstić information content (AvgIpc) is 2.75. The lowest BCUT2D eigenvalue weighted by Gasteiger charge is -2.06. The van der Waals surface area contributed by atoms with Gasteiger partial charge in [0, 0.05) is 18.8 Å². The molecule has 0 aliphatic rings. The Morgan fingerprint density at radius 2 is 1.90 bits per heavy atom. The molecule has 0 bridgehead atoms. The molecule has 0 spiro atoms. The number of rotatable bonds is 1. The fourth-order valence-corrected chi connectivity index (χ4v) is 2.35. The maximum absolute atomic E-state index is 12.7. The summed E-state index contributed by atoms with van der Waals surface area (Å²) in [5, 5.41) is 0.301. The van der Waals surface area contributed by atoms with E-state index in [0.29, 0.717) is 22.1 Å². The number of nitrogens with zero attached hydrogens (tertiary/aromatic N) is 3. The van der Waals surface area contributed by atoms with E-state index in [1.54, 1.807) is 23.7 Å². The lowest BCUT2D eigenvalue weighted by Crippen LogP contribution is -2.04. The Labute approximate surface area is 123 Å². The minimum absolute atomic E-state index is 0.287. The number of alkyl halides is 3. The van der Waals surface area contributed by atoms with Crippen LogP contribution in [0.1, 0.15) is 5.56 Å². The molecule has 0 radical (unpaired) electrons. The van der Waals surface area contributed by atoms with Gasteiger partial charge >= 0.3 is 6.18 Å². The van der Waals surface area contributed by atoms with Crippen molar-refractivity contribution in [3.63, 3.8) is 0 Å². The van der Waals surface area contributed by atoms with Gasteiger partial charge in [-0.1, -0.05) is 11.6 Å². The van der Waals surface area contributed by atoms with Crippen LogP contribution >= 0.6 is 11.6 Å². The first-order valence-electron chi connectivity index (χ1n) is 6.02. The van der Waals surface area contributed by atoms with E-state index in [-0.39, 0.29) is 5.52 Å². The van der Waals surface area contributed by atoms with E-state index < -0.39 is 11.7 Å². The van der Waals surface area contributed by atoms with Crippen molar-refractivity contribution in [2.75, 3.05) is 0 Å². The van der Waals surface area contributed by atoms with Crippen molar-refractivity contribution in [2.45, 2.75) is 6.18 Å². The van der Waals surface area contributed by atoms with Gasteiger partial charge in [0.2, 0.25) is 0 Å². The summed E-state index contributed by atoms with van der Waals surface area (Å²) in [5.74, 6) is 0.536. The fourth-order valence-electron chi connectivity index (χ4n) is 2.18. The van der Waals surface area contributed by atoms with E-state index in [4.69, 9.17) is 11.6 Å². The van der Waals surface area contributed by atoms with Crippen LogP contribution < -0.4 is 0 Å². The van der Waals surface area contributed by atoms with Crippen molar-refractivity contribution in [3.8, 4) is 11.4 Å². The molecule has 3 nitrogen and oxygen atoms in total. The van der Waals surface area contributed by atoms with Crippen LogP contribution in [0.3, 0.4) is 0 Å². The summed E-state index contributed by atoms with van der Waals surface area (Å²) in [6, 6.07) is 6.83. The first-order valence-corrected chi connectivity index (χ1v) is 6.39. The Balaban J connectivity index is 2.20. The number of aromatic nitrogens is 3. The Kier molecular flexibility index (Phi) is 3.13. The SMILES string of the molecule is Cn1c(-c2ccnc(Cl)c2)nc2cc(C(F)(F)F)ccc21. The summed E-state index contributed by atoms with van der Waals surface area (Å²) in [7, 11) is 1.74. The van der Waals surface area contributed by atoms with Crippen LogP contribution in [0.2, 0.25) is 5.15 Å². The smallest absolute Gasteiger partial charge is 0.327 e. The third-order valence-electron chi connectivity index (χ3n) is 3.19. The lowest BCUT2D eigenvalue weighted by atomic mass is 10.2. The summed E-state index contributed by atoms with van der Waals surface area (Å²) >= 11 is 5.83. The molecule has 21 heavy (non-hydrogen) atoms. The van der Waals surface area contributed by atoms with Crippen molar-refractivity contribution in [3.05, 3.63) is 47.2 Å². The Morgan fingerprint density at radius 1 is 1.14 bits per heavy atom. The van der Waals surface area contributed by atoms with Gasteiger partial charge in [0.05, 0.1) is 16.6 Å². The number of fused-ring (bicyclic) bond motifs is 1. The maximum Gasteiger partial charge on any atom is 0.416 e. The third kappa shape index (κ3) is 2.47. The highest BCUT2D eigenvalue weighted by Gasteiger charge is 2.31. The molecule has 3 aromatic rings. The molecule has 0 unspecified atom stereocenters. The molecule has 0 saturated heterocycles. The topological polar surface area (TPSA) is 30.7 Å². The first kappa shape index (κ1) is 13.9. The number of imidazole rings is 1. The predicted molar refractivity (Wildman–Crippen MR) is 74.0 cm³/mol. The quantitative estimate of drug-likeness (QED) is 0.627. The maximum atomic E-state index is 12.7. The number of aryl methyl sites for hydroxylation is 1. The van der Waals surface area contributed by atoms with Crippen LogP contribution in [0.5, 0.6) is 0 Å². The molecule has 0 N–H and O–H groups in total. The monoisotopic (exact) mass is 311 g/mol. The molecule has 0 saturated carbocycles. The van der Waals surface area contributed by atoms with Gasteiger partial charge < -0.3 is 4.57 Å². The molecule has 0 aliphatic heterocycles. The van der Waals surface area contributed by atoms with Gasteiger partial charge in [-0.3, -0.25) is 0 Å². The zero-order chi connectivity index (χ0) is 15.2. The number of halogens is 4. The van der Waals surface area contributed by atoms with E-state index in [2.05, 4.69) is 9.97 Å². The largest absolute Gasteiger partial charge is 0.416 e. The van der Waals surface area contributed by atoms with Gasteiger partial charge in [-0.05, 0) is 30.3 Å². The number of pyridine rings is 1. The molecule has 2 heterocycles. The summed E-state index contributed by atoms with van der Waals surface area (Å²) < 4.78 is 39.9. The van der Waals surface area contributed by atoms with Crippen molar-refractivity contribution in [1.82, 2.24) is 14.5 Å². The molecular formula is C14H9ClF3N3. The minimum Gasteiger partial charge on any atom is -0.327 e. The minimum atomic E-state index is -4.38. The Bertz CT molecular complexity index is 824. The number of hydrogen-bond acceptors (Lipinski definition) is 2. The average molecular weight is 312 g/mol. The summed E-state index contributed by atoms with van der Waals surface area (Å²) in [6.45, 7) is 0. The van der Waals surface area contributed by atoms with Crippen molar-refractivity contribution < 1.29 is 13.2 Å². The first-order chi connectivity index (χ1) is 9.86. The highest BCUT2D eigenvalue weighted by molar-refractivity contribution is 6.29. The Morgan fingerprint density at radius 3 is 2.57 bits per heavy atom. The second kappa shape index (κ2) is 4.73. The molecule has 3 rings (SSSR count). The lowest BCUT2D eigenvalue weighted by molar-refractivity contribution is -0.137. The molecule has 108 valence electrons. The summed E-state index contributed by atoms with van der Waals surface area (Å²) in [4.78, 5) is 8.15. The van der Waals surface area contributed by atoms with Crippen LogP contribution in [0.25, 0.3) is 22.4 Å². The molecule has 7 heteroatoms. The zero-order valence-corrected chi connectivity index (χ0v) is 11.6. The molecule has 0 aliphatic carbocycles. The van der Waals surface area contributed by atoms with Gasteiger partial charge in [-0.25, -0.2) is 9.97 Å². The standard InChI is InChI=1S/C14H9ClF3N3/c1-21-11-3-2-9(14(16,17)18)7-10(11)20-13(21)8-4-5-19-12(15)6-8/h2-7H,1H3. The van der Waals surface area contributed by atoms with E-state index >= 15 is 0 Å². The zero-order valence-electron chi connectivity index (χ0n) is 10.8. The number of hydrogen-bond donors (Lipinski definition) is 0. The summed E-state index contributed by atoms with van der Waals surface area (Å²) in [5.41, 5.74) is 0.885. The van der Waals surface area contributed by atoms with Crippen LogP contribution in [0.15, 0.2) is 36.5 Å². The molecule has 1 aromatic carbocycles. The Hall–Kier alpha value is -2.08. The second-order valence-corrected chi connectivity index (χ2v) is 4.95. The van der Waals surface area contributed by atoms with E-state index in [0.717, 1.165) is 12.1 Å². The summed E-state index contributed by atoms with van der Waals surface area (Å²) in [6.07, 6.45) is -2.86. The molecular weight excluding hydrogens is 303 g/mol. The van der Waals surface area contributed by atoms with Gasteiger partial charge in [-0.15, -0.1) is 0 Å². The van der Waals surface area contributed by atoms with Crippen molar-refractivity contribution >= 4 is 22.6 Å². The molecule has 0 atom stereocenters. The van der Waals surface area contributed by atoms with Crippen LogP contribution in [-0.4, -0.2) is 14.5 Å². The third-order valence-corrected chi connectivity index (χ3v) is 3.40.